The molecule has 0 spiro atoms. The van der Waals surface area contributed by atoms with Crippen molar-refractivity contribution in [2.24, 2.45) is 11.7 Å². The molecule has 2 nitrogen and oxygen atoms in total. The van der Waals surface area contributed by atoms with Crippen LogP contribution in [0.4, 0.5) is 0 Å². The van der Waals surface area contributed by atoms with Crippen LogP contribution in [0.5, 0.6) is 0 Å². The molecular formula is C14H28N2. The Labute approximate surface area is 101 Å². The Kier molecular flexibility index (Phi) is 5.11. The fourth-order valence-corrected chi connectivity index (χ4v) is 3.33. The van der Waals surface area contributed by atoms with Crippen molar-refractivity contribution in [1.29, 1.82) is 0 Å². The van der Waals surface area contributed by atoms with E-state index in [1.54, 1.807) is 0 Å². The van der Waals surface area contributed by atoms with E-state index in [4.69, 9.17) is 5.73 Å². The van der Waals surface area contributed by atoms with Crippen molar-refractivity contribution in [3.8, 4) is 0 Å². The molecule has 1 heterocycles. The molecule has 1 unspecified atom stereocenters. The van der Waals surface area contributed by atoms with Crippen LogP contribution in [-0.2, 0) is 0 Å². The monoisotopic (exact) mass is 224 g/mol. The van der Waals surface area contributed by atoms with Crippen molar-refractivity contribution in [3.63, 3.8) is 0 Å². The van der Waals surface area contributed by atoms with Crippen molar-refractivity contribution in [1.82, 2.24) is 4.90 Å². The fraction of sp³-hybridized carbons (Fsp3) is 1.00. The minimum absolute atomic E-state index is 0.446. The second kappa shape index (κ2) is 6.61. The fourth-order valence-electron chi connectivity index (χ4n) is 3.33. The van der Waals surface area contributed by atoms with Gasteiger partial charge in [0.25, 0.3) is 0 Å². The smallest absolute Gasteiger partial charge is 0.0196 e. The molecule has 0 radical (unpaired) electrons. The van der Waals surface area contributed by atoms with E-state index < -0.39 is 0 Å². The molecule has 0 aromatic rings. The second-order valence-corrected chi connectivity index (χ2v) is 5.78. The topological polar surface area (TPSA) is 29.3 Å². The molecule has 0 bridgehead atoms. The van der Waals surface area contributed by atoms with Crippen molar-refractivity contribution in [2.75, 3.05) is 19.6 Å². The zero-order valence-corrected chi connectivity index (χ0v) is 10.7. The lowest BCUT2D eigenvalue weighted by Gasteiger charge is -2.29. The van der Waals surface area contributed by atoms with Gasteiger partial charge in [-0.1, -0.05) is 32.1 Å². The molecule has 16 heavy (non-hydrogen) atoms. The largest absolute Gasteiger partial charge is 0.326 e. The maximum atomic E-state index is 6.36. The van der Waals surface area contributed by atoms with Gasteiger partial charge in [0, 0.05) is 12.6 Å². The minimum atomic E-state index is 0.446. The third-order valence-corrected chi connectivity index (χ3v) is 4.42. The number of rotatable bonds is 3. The average Bonchev–Trinajstić information content (AvgIpc) is 2.74. The molecule has 1 atom stereocenters. The van der Waals surface area contributed by atoms with Crippen molar-refractivity contribution in [2.45, 2.75) is 63.8 Å². The number of nitrogens with two attached hydrogens (primary N) is 1. The first-order chi connectivity index (χ1) is 7.86. The van der Waals surface area contributed by atoms with Crippen LogP contribution in [0.1, 0.15) is 57.8 Å². The molecule has 0 aromatic heterocycles. The van der Waals surface area contributed by atoms with Crippen LogP contribution < -0.4 is 5.73 Å². The third-order valence-electron chi connectivity index (χ3n) is 4.42. The normalized spacial score (nSPS) is 27.6. The molecule has 2 heteroatoms. The summed E-state index contributed by atoms with van der Waals surface area (Å²) < 4.78 is 0. The number of likely N-dealkylation sites (tertiary alicyclic amines) is 1. The Hall–Kier alpha value is -0.0800. The molecule has 1 saturated carbocycles. The molecule has 1 aliphatic carbocycles. The van der Waals surface area contributed by atoms with Gasteiger partial charge in [-0.3, -0.25) is 0 Å². The van der Waals surface area contributed by atoms with Gasteiger partial charge in [0.05, 0.1) is 0 Å². The van der Waals surface area contributed by atoms with Gasteiger partial charge in [0.1, 0.15) is 0 Å². The number of hydrogen-bond donors (Lipinski definition) is 1. The quantitative estimate of drug-likeness (QED) is 0.798. The molecule has 0 amide bonds. The van der Waals surface area contributed by atoms with E-state index in [1.807, 2.05) is 0 Å². The van der Waals surface area contributed by atoms with Gasteiger partial charge in [-0.2, -0.15) is 0 Å². The van der Waals surface area contributed by atoms with E-state index in [-0.39, 0.29) is 0 Å². The number of hydrogen-bond acceptors (Lipinski definition) is 2. The average molecular weight is 224 g/mol. The first-order valence-corrected chi connectivity index (χ1v) is 7.34. The first kappa shape index (κ1) is 12.4. The summed E-state index contributed by atoms with van der Waals surface area (Å²) in [6.45, 7) is 3.74. The molecular weight excluding hydrogens is 196 g/mol. The zero-order chi connectivity index (χ0) is 11.2. The van der Waals surface area contributed by atoms with E-state index in [2.05, 4.69) is 4.90 Å². The van der Waals surface area contributed by atoms with Crippen LogP contribution in [0.3, 0.4) is 0 Å². The molecule has 2 rings (SSSR count). The maximum absolute atomic E-state index is 6.36. The molecule has 2 N–H and O–H groups in total. The lowest BCUT2D eigenvalue weighted by molar-refractivity contribution is 0.212. The third kappa shape index (κ3) is 3.74. The summed E-state index contributed by atoms with van der Waals surface area (Å²) >= 11 is 0. The highest BCUT2D eigenvalue weighted by Gasteiger charge is 2.23. The summed E-state index contributed by atoms with van der Waals surface area (Å²) in [6.07, 6.45) is 12.7. The summed E-state index contributed by atoms with van der Waals surface area (Å²) in [5, 5.41) is 0. The van der Waals surface area contributed by atoms with E-state index in [0.717, 1.165) is 12.5 Å². The van der Waals surface area contributed by atoms with E-state index in [1.165, 1.54) is 70.9 Å². The van der Waals surface area contributed by atoms with Crippen LogP contribution in [-0.4, -0.2) is 30.6 Å². The first-order valence-electron chi connectivity index (χ1n) is 7.34. The summed E-state index contributed by atoms with van der Waals surface area (Å²) in [6, 6.07) is 0.446. The summed E-state index contributed by atoms with van der Waals surface area (Å²) in [5.74, 6) is 0.824. The lowest BCUT2D eigenvalue weighted by Crippen LogP contribution is -2.42. The number of nitrogens with zero attached hydrogens (tertiary/aromatic N) is 1. The van der Waals surface area contributed by atoms with E-state index >= 15 is 0 Å². The van der Waals surface area contributed by atoms with Gasteiger partial charge < -0.3 is 10.6 Å². The second-order valence-electron chi connectivity index (χ2n) is 5.78. The van der Waals surface area contributed by atoms with Gasteiger partial charge >= 0.3 is 0 Å². The zero-order valence-electron chi connectivity index (χ0n) is 10.7. The molecule has 94 valence electrons. The predicted molar refractivity (Wildman–Crippen MR) is 69.5 cm³/mol. The molecule has 1 aliphatic heterocycles. The Morgan fingerprint density at radius 2 is 1.44 bits per heavy atom. The van der Waals surface area contributed by atoms with Crippen molar-refractivity contribution in [3.05, 3.63) is 0 Å². The summed E-state index contributed by atoms with van der Waals surface area (Å²) in [4.78, 5) is 2.63. The summed E-state index contributed by atoms with van der Waals surface area (Å²) in [5.41, 5.74) is 6.36. The standard InChI is InChI=1S/C14H28N2/c15-14(13-8-4-5-9-13)12-16-10-6-2-1-3-7-11-16/h13-14H,1-12,15H2. The van der Waals surface area contributed by atoms with Crippen LogP contribution in [0.2, 0.25) is 0 Å². The Morgan fingerprint density at radius 1 is 0.875 bits per heavy atom. The molecule has 0 aromatic carbocycles. The van der Waals surface area contributed by atoms with E-state index in [9.17, 15) is 0 Å². The lowest BCUT2D eigenvalue weighted by atomic mass is 9.98. The Balaban J connectivity index is 1.73. The highest BCUT2D eigenvalue weighted by Crippen LogP contribution is 2.27. The highest BCUT2D eigenvalue weighted by molar-refractivity contribution is 4.81. The van der Waals surface area contributed by atoms with Crippen molar-refractivity contribution >= 4 is 0 Å². The van der Waals surface area contributed by atoms with Gasteiger partial charge in [-0.25, -0.2) is 0 Å². The van der Waals surface area contributed by atoms with Gasteiger partial charge in [-0.15, -0.1) is 0 Å². The maximum Gasteiger partial charge on any atom is 0.0196 e. The Morgan fingerprint density at radius 3 is 2.06 bits per heavy atom. The SMILES string of the molecule is NC(CN1CCCCCCC1)C1CCCC1. The van der Waals surface area contributed by atoms with Crippen molar-refractivity contribution < 1.29 is 0 Å². The summed E-state index contributed by atoms with van der Waals surface area (Å²) in [7, 11) is 0. The predicted octanol–water partition coefficient (Wildman–Crippen LogP) is 2.77. The molecule has 2 aliphatic rings. The van der Waals surface area contributed by atoms with Gasteiger partial charge in [0.15, 0.2) is 0 Å². The van der Waals surface area contributed by atoms with Gasteiger partial charge in [-0.05, 0) is 44.7 Å². The molecule has 1 saturated heterocycles. The van der Waals surface area contributed by atoms with Crippen LogP contribution >= 0.6 is 0 Å². The van der Waals surface area contributed by atoms with Crippen LogP contribution in [0.25, 0.3) is 0 Å². The van der Waals surface area contributed by atoms with Crippen LogP contribution in [0, 0.1) is 5.92 Å². The van der Waals surface area contributed by atoms with Crippen LogP contribution in [0.15, 0.2) is 0 Å². The minimum Gasteiger partial charge on any atom is -0.326 e. The van der Waals surface area contributed by atoms with Gasteiger partial charge in [0.2, 0.25) is 0 Å². The highest BCUT2D eigenvalue weighted by atomic mass is 15.1. The van der Waals surface area contributed by atoms with E-state index in [0.29, 0.717) is 6.04 Å². The molecule has 2 fully saturated rings. The Bertz CT molecular complexity index is 179.